The van der Waals surface area contributed by atoms with E-state index in [-0.39, 0.29) is 17.7 Å². The number of rotatable bonds is 0. The summed E-state index contributed by atoms with van der Waals surface area (Å²) in [6, 6.07) is 15.4. The molecule has 5 heterocycles. The Hall–Kier alpha value is -3.85. The number of fused-ring (bicyclic) bond motifs is 4. The van der Waals surface area contributed by atoms with Crippen molar-refractivity contribution in [1.29, 1.82) is 0 Å². The average molecular weight is 464 g/mol. The van der Waals surface area contributed by atoms with Crippen molar-refractivity contribution in [3.63, 3.8) is 0 Å². The maximum absolute atomic E-state index is 13.9. The smallest absolute Gasteiger partial charge is 0.253 e. The van der Waals surface area contributed by atoms with E-state index in [1.165, 1.54) is 0 Å². The Morgan fingerprint density at radius 1 is 1.09 bits per heavy atom. The second-order valence-electron chi connectivity index (χ2n) is 10.9. The number of allylic oxidation sites excluding steroid dienone is 1. The van der Waals surface area contributed by atoms with Crippen molar-refractivity contribution >= 4 is 28.8 Å². The lowest BCUT2D eigenvalue weighted by Crippen LogP contribution is -2.83. The zero-order valence-corrected chi connectivity index (χ0v) is 19.7. The minimum Gasteiger partial charge on any atom is -0.618 e. The van der Waals surface area contributed by atoms with E-state index < -0.39 is 16.5 Å². The molecule has 3 atom stereocenters. The fraction of sp³-hybridized carbons (Fsp3) is 0.345. The molecule has 6 aliphatic rings. The first-order chi connectivity index (χ1) is 16.8. The Kier molecular flexibility index (Phi) is 3.77. The van der Waals surface area contributed by atoms with Gasteiger partial charge in [0.2, 0.25) is 17.3 Å². The molecule has 4 saturated heterocycles. The quantitative estimate of drug-likeness (QED) is 0.370. The minimum atomic E-state index is -1.11. The number of amides is 2. The molecule has 6 nitrogen and oxygen atoms in total. The lowest BCUT2D eigenvalue weighted by molar-refractivity contribution is -0.362. The zero-order chi connectivity index (χ0) is 24.2. The van der Waals surface area contributed by atoms with Gasteiger partial charge in [-0.05, 0) is 63.5 Å². The highest BCUT2D eigenvalue weighted by molar-refractivity contribution is 6.30. The number of piperazine rings is 1. The highest BCUT2D eigenvalue weighted by Crippen LogP contribution is 2.60. The zero-order valence-electron chi connectivity index (χ0n) is 19.7. The molecule has 0 aromatic heterocycles. The van der Waals surface area contributed by atoms with Gasteiger partial charge in [0, 0.05) is 29.7 Å². The van der Waals surface area contributed by atoms with Crippen molar-refractivity contribution in [2.45, 2.75) is 44.2 Å². The third-order valence-electron chi connectivity index (χ3n) is 8.87. The Bertz CT molecular complexity index is 1480. The monoisotopic (exact) mass is 463 g/mol. The molecule has 5 aliphatic heterocycles. The molecule has 1 aliphatic carbocycles. The van der Waals surface area contributed by atoms with Crippen LogP contribution in [0.1, 0.15) is 49.8 Å². The molecule has 35 heavy (non-hydrogen) atoms. The molecular formula is C29H25N3O3. The van der Waals surface area contributed by atoms with Crippen molar-refractivity contribution < 1.29 is 14.3 Å². The largest absolute Gasteiger partial charge is 0.618 e. The molecular weight excluding hydrogens is 438 g/mol. The number of nitrogens with one attached hydrogen (secondary N) is 1. The SMILES string of the molecule is CC1(C)C2=[N+]([O-])c3cc(C#Cc4ccccc4)ccc3C2=C[C@@]23NC(=O)[C@]4(CCCN4C2=O)C[C@@H]13. The molecule has 6 heteroatoms. The summed E-state index contributed by atoms with van der Waals surface area (Å²) >= 11 is 0. The third kappa shape index (κ3) is 2.38. The van der Waals surface area contributed by atoms with E-state index >= 15 is 0 Å². The van der Waals surface area contributed by atoms with E-state index in [2.05, 4.69) is 17.2 Å². The number of piperidine rings is 2. The van der Waals surface area contributed by atoms with Gasteiger partial charge in [-0.2, -0.15) is 4.74 Å². The summed E-state index contributed by atoms with van der Waals surface area (Å²) in [5, 5.41) is 16.9. The second kappa shape index (κ2) is 6.42. The highest BCUT2D eigenvalue weighted by atomic mass is 16.5. The molecule has 2 spiro atoms. The number of benzene rings is 2. The molecule has 8 rings (SSSR count). The molecule has 174 valence electrons. The molecule has 4 fully saturated rings. The standard InChI is InChI=1S/C29H25N3O3/c1-27(2)23-17-28-13-6-14-31(28)26(34)29(23,30-25(28)33)16-21-20-12-11-19(15-22(20)32(35)24(21)27)10-9-18-7-4-3-5-8-18/h3-5,7-8,11-12,15-16,23H,6,13-14,17H2,1-2H3,(H,30,33)/t23-,28-,29-/m0/s1. The topological polar surface area (TPSA) is 75.5 Å². The summed E-state index contributed by atoms with van der Waals surface area (Å²) in [4.78, 5) is 28.9. The Morgan fingerprint density at radius 2 is 1.86 bits per heavy atom. The van der Waals surface area contributed by atoms with Gasteiger partial charge in [-0.25, -0.2) is 0 Å². The van der Waals surface area contributed by atoms with Crippen LogP contribution in [-0.4, -0.2) is 44.8 Å². The van der Waals surface area contributed by atoms with Crippen molar-refractivity contribution in [2.75, 3.05) is 6.54 Å². The van der Waals surface area contributed by atoms with Gasteiger partial charge in [-0.15, -0.1) is 0 Å². The van der Waals surface area contributed by atoms with Crippen LogP contribution in [0, 0.1) is 28.4 Å². The number of carbonyl (C=O) groups is 2. The maximum Gasteiger partial charge on any atom is 0.253 e. The maximum atomic E-state index is 13.9. The van der Waals surface area contributed by atoms with Crippen LogP contribution >= 0.6 is 0 Å². The first-order valence-corrected chi connectivity index (χ1v) is 12.2. The summed E-state index contributed by atoms with van der Waals surface area (Å²) in [6.45, 7) is 4.71. The van der Waals surface area contributed by atoms with Crippen LogP contribution in [0.15, 0.2) is 54.6 Å². The van der Waals surface area contributed by atoms with Crippen LogP contribution in [0.5, 0.6) is 0 Å². The Balaban J connectivity index is 1.39. The summed E-state index contributed by atoms with van der Waals surface area (Å²) in [7, 11) is 0. The summed E-state index contributed by atoms with van der Waals surface area (Å²) < 4.78 is 1.03. The fourth-order valence-electron chi connectivity index (χ4n) is 7.23. The van der Waals surface area contributed by atoms with Crippen LogP contribution in [0.2, 0.25) is 0 Å². The second-order valence-corrected chi connectivity index (χ2v) is 10.9. The van der Waals surface area contributed by atoms with Crippen LogP contribution in [0.25, 0.3) is 5.57 Å². The molecule has 0 unspecified atom stereocenters. The van der Waals surface area contributed by atoms with E-state index in [0.717, 1.165) is 33.4 Å². The third-order valence-corrected chi connectivity index (χ3v) is 8.87. The predicted molar refractivity (Wildman–Crippen MR) is 132 cm³/mol. The van der Waals surface area contributed by atoms with Crippen LogP contribution in [0.4, 0.5) is 5.69 Å². The van der Waals surface area contributed by atoms with Crippen molar-refractivity contribution in [3.05, 3.63) is 76.5 Å². The molecule has 2 aromatic rings. The van der Waals surface area contributed by atoms with Gasteiger partial charge in [0.1, 0.15) is 11.1 Å². The number of nitrogens with zero attached hydrogens (tertiary/aromatic N) is 2. The summed E-state index contributed by atoms with van der Waals surface area (Å²) in [6.07, 6.45) is 3.98. The van der Waals surface area contributed by atoms with Crippen LogP contribution < -0.4 is 5.32 Å². The van der Waals surface area contributed by atoms with E-state index in [9.17, 15) is 14.8 Å². The first kappa shape index (κ1) is 20.5. The van der Waals surface area contributed by atoms with E-state index in [1.807, 2.05) is 73.4 Å². The molecule has 0 saturated carbocycles. The Morgan fingerprint density at radius 3 is 2.66 bits per heavy atom. The molecule has 2 bridgehead atoms. The van der Waals surface area contributed by atoms with Gasteiger partial charge >= 0.3 is 0 Å². The van der Waals surface area contributed by atoms with Gasteiger partial charge in [0.15, 0.2) is 0 Å². The molecule has 2 amide bonds. The van der Waals surface area contributed by atoms with Crippen molar-refractivity contribution in [1.82, 2.24) is 10.2 Å². The molecule has 0 radical (unpaired) electrons. The lowest BCUT2D eigenvalue weighted by Gasteiger charge is -2.62. The van der Waals surface area contributed by atoms with Gasteiger partial charge in [-0.3, -0.25) is 9.59 Å². The lowest BCUT2D eigenvalue weighted by atomic mass is 9.51. The first-order valence-electron chi connectivity index (χ1n) is 12.2. The fourth-order valence-corrected chi connectivity index (χ4v) is 7.23. The summed E-state index contributed by atoms with van der Waals surface area (Å²) in [5.41, 5.74) is 1.93. The van der Waals surface area contributed by atoms with Gasteiger partial charge < -0.3 is 15.4 Å². The normalized spacial score (nSPS) is 31.1. The van der Waals surface area contributed by atoms with Gasteiger partial charge in [-0.1, -0.05) is 30.0 Å². The van der Waals surface area contributed by atoms with Crippen LogP contribution in [0.3, 0.4) is 0 Å². The average Bonchev–Trinajstić information content (AvgIpc) is 3.40. The van der Waals surface area contributed by atoms with Crippen LogP contribution in [-0.2, 0) is 9.59 Å². The van der Waals surface area contributed by atoms with Gasteiger partial charge in [0.05, 0.1) is 16.6 Å². The Labute approximate surface area is 203 Å². The molecule has 1 N–H and O–H groups in total. The minimum absolute atomic E-state index is 0.0262. The van der Waals surface area contributed by atoms with Gasteiger partial charge in [0.25, 0.3) is 5.91 Å². The number of carbonyl (C=O) groups excluding carboxylic acids is 2. The van der Waals surface area contributed by atoms with E-state index in [0.29, 0.717) is 30.8 Å². The number of hydrogen-bond acceptors (Lipinski definition) is 3. The van der Waals surface area contributed by atoms with Crippen molar-refractivity contribution in [3.8, 4) is 11.8 Å². The molecule has 2 aromatic carbocycles. The predicted octanol–water partition coefficient (Wildman–Crippen LogP) is 3.36. The highest BCUT2D eigenvalue weighted by Gasteiger charge is 2.73. The van der Waals surface area contributed by atoms with E-state index in [1.54, 1.807) is 0 Å². The van der Waals surface area contributed by atoms with Crippen molar-refractivity contribution in [2.24, 2.45) is 11.3 Å². The van der Waals surface area contributed by atoms with E-state index in [4.69, 9.17) is 0 Å². The number of hydrogen-bond donors (Lipinski definition) is 1. The summed E-state index contributed by atoms with van der Waals surface area (Å²) in [5.74, 6) is 6.06.